The molecule has 3 rings (SSSR count). The second-order valence-electron chi connectivity index (χ2n) is 6.68. The minimum Gasteiger partial charge on any atom is -0.374 e. The van der Waals surface area contributed by atoms with Crippen LogP contribution in [0.2, 0.25) is 0 Å². The van der Waals surface area contributed by atoms with E-state index in [2.05, 4.69) is 14.6 Å². The van der Waals surface area contributed by atoms with Gasteiger partial charge in [-0.1, -0.05) is 19.1 Å². The molecule has 3 aromatic rings. The average Bonchev–Trinajstić information content (AvgIpc) is 2.73. The second kappa shape index (κ2) is 8.89. The topological polar surface area (TPSA) is 62.3 Å². The zero-order valence-electron chi connectivity index (χ0n) is 16.2. The summed E-state index contributed by atoms with van der Waals surface area (Å²) in [5.74, 6) is 0. The number of sulfonamides is 1. The number of aromatic nitrogens is 1. The van der Waals surface area contributed by atoms with E-state index in [0.717, 1.165) is 30.6 Å². The van der Waals surface area contributed by atoms with Gasteiger partial charge in [0.1, 0.15) is 0 Å². The average molecular weight is 396 g/mol. The van der Waals surface area contributed by atoms with Crippen molar-refractivity contribution in [3.63, 3.8) is 0 Å². The minimum absolute atomic E-state index is 0.267. The molecule has 0 atom stereocenters. The number of likely N-dealkylation sites (N-methyl/N-ethyl adjacent to an activating group) is 1. The van der Waals surface area contributed by atoms with Gasteiger partial charge in [-0.2, -0.15) is 0 Å². The molecule has 0 saturated carbocycles. The van der Waals surface area contributed by atoms with Crippen molar-refractivity contribution in [1.82, 2.24) is 4.98 Å². The molecule has 5 nitrogen and oxygen atoms in total. The Balaban J connectivity index is 1.63. The monoisotopic (exact) mass is 395 g/mol. The van der Waals surface area contributed by atoms with Gasteiger partial charge in [0.2, 0.25) is 0 Å². The van der Waals surface area contributed by atoms with Gasteiger partial charge >= 0.3 is 0 Å². The Labute approximate surface area is 167 Å². The maximum Gasteiger partial charge on any atom is 0.261 e. The summed E-state index contributed by atoms with van der Waals surface area (Å²) in [7, 11) is -1.56. The number of nitrogens with one attached hydrogen (secondary N) is 1. The van der Waals surface area contributed by atoms with Crippen molar-refractivity contribution in [2.75, 3.05) is 23.2 Å². The molecule has 6 heteroatoms. The molecule has 0 amide bonds. The molecule has 0 aliphatic carbocycles. The van der Waals surface area contributed by atoms with Crippen LogP contribution in [0.25, 0.3) is 0 Å². The molecule has 0 fully saturated rings. The Morgan fingerprint density at radius 1 is 0.893 bits per heavy atom. The summed E-state index contributed by atoms with van der Waals surface area (Å²) in [5.41, 5.74) is 3.92. The van der Waals surface area contributed by atoms with Gasteiger partial charge < -0.3 is 4.90 Å². The van der Waals surface area contributed by atoms with Gasteiger partial charge in [0.25, 0.3) is 10.0 Å². The first-order valence-corrected chi connectivity index (χ1v) is 10.8. The van der Waals surface area contributed by atoms with Crippen molar-refractivity contribution >= 4 is 21.4 Å². The SMILES string of the molecule is CCc1ccc(S(=O)(=O)Nc2ccc(N(C)CCc3ccncc3)cc2)cc1. The van der Waals surface area contributed by atoms with E-state index in [0.29, 0.717) is 5.69 Å². The van der Waals surface area contributed by atoms with Crippen molar-refractivity contribution in [2.24, 2.45) is 0 Å². The highest BCUT2D eigenvalue weighted by Crippen LogP contribution is 2.21. The van der Waals surface area contributed by atoms with Gasteiger partial charge in [-0.3, -0.25) is 9.71 Å². The zero-order chi connectivity index (χ0) is 20.0. The first-order valence-electron chi connectivity index (χ1n) is 9.30. The third-order valence-corrected chi connectivity index (χ3v) is 6.08. The van der Waals surface area contributed by atoms with Crippen molar-refractivity contribution < 1.29 is 8.42 Å². The van der Waals surface area contributed by atoms with Crippen molar-refractivity contribution in [1.29, 1.82) is 0 Å². The van der Waals surface area contributed by atoms with Gasteiger partial charge in [-0.15, -0.1) is 0 Å². The Kier molecular flexibility index (Phi) is 6.31. The lowest BCUT2D eigenvalue weighted by Gasteiger charge is -2.20. The predicted octanol–water partition coefficient (Wildman–Crippen LogP) is 4.12. The fourth-order valence-corrected chi connectivity index (χ4v) is 3.94. The van der Waals surface area contributed by atoms with E-state index in [-0.39, 0.29) is 4.90 Å². The predicted molar refractivity (Wildman–Crippen MR) is 114 cm³/mol. The normalized spacial score (nSPS) is 11.2. The molecule has 1 aromatic heterocycles. The van der Waals surface area contributed by atoms with E-state index >= 15 is 0 Å². The zero-order valence-corrected chi connectivity index (χ0v) is 17.0. The molecule has 1 heterocycles. The van der Waals surface area contributed by atoms with Gasteiger partial charge in [0, 0.05) is 37.4 Å². The molecule has 0 aliphatic heterocycles. The van der Waals surface area contributed by atoms with Gasteiger partial charge in [0.05, 0.1) is 4.90 Å². The minimum atomic E-state index is -3.59. The van der Waals surface area contributed by atoms with Crippen LogP contribution in [0, 0.1) is 0 Å². The molecule has 2 aromatic carbocycles. The Morgan fingerprint density at radius 2 is 1.54 bits per heavy atom. The number of pyridine rings is 1. The molecule has 1 N–H and O–H groups in total. The van der Waals surface area contributed by atoms with E-state index in [9.17, 15) is 8.42 Å². The Hall–Kier alpha value is -2.86. The number of nitrogens with zero attached hydrogens (tertiary/aromatic N) is 2. The third-order valence-electron chi connectivity index (χ3n) is 4.69. The van der Waals surface area contributed by atoms with Gasteiger partial charge in [-0.25, -0.2) is 8.42 Å². The van der Waals surface area contributed by atoms with Crippen LogP contribution in [0.4, 0.5) is 11.4 Å². The Morgan fingerprint density at radius 3 is 2.14 bits per heavy atom. The molecular weight excluding hydrogens is 370 g/mol. The number of aryl methyl sites for hydroxylation is 1. The molecule has 0 radical (unpaired) electrons. The van der Waals surface area contributed by atoms with Crippen LogP contribution < -0.4 is 9.62 Å². The largest absolute Gasteiger partial charge is 0.374 e. The molecule has 0 aliphatic rings. The maximum atomic E-state index is 12.6. The van der Waals surface area contributed by atoms with Crippen molar-refractivity contribution in [3.8, 4) is 0 Å². The smallest absolute Gasteiger partial charge is 0.261 e. The van der Waals surface area contributed by atoms with Crippen LogP contribution in [0.5, 0.6) is 0 Å². The lowest BCUT2D eigenvalue weighted by atomic mass is 10.2. The highest BCUT2D eigenvalue weighted by atomic mass is 32.2. The summed E-state index contributed by atoms with van der Waals surface area (Å²) in [6.45, 7) is 2.90. The number of anilines is 2. The van der Waals surface area contributed by atoms with Crippen LogP contribution >= 0.6 is 0 Å². The molecule has 28 heavy (non-hydrogen) atoms. The second-order valence-corrected chi connectivity index (χ2v) is 8.36. The van der Waals surface area contributed by atoms with E-state index in [1.165, 1.54) is 5.56 Å². The fourth-order valence-electron chi connectivity index (χ4n) is 2.88. The molecule has 0 saturated heterocycles. The molecule has 146 valence electrons. The third kappa shape index (κ3) is 5.10. The fraction of sp³-hybridized carbons (Fsp3) is 0.227. The molecule has 0 unspecified atom stereocenters. The van der Waals surface area contributed by atoms with Crippen LogP contribution in [0.3, 0.4) is 0 Å². The number of rotatable bonds is 8. The lowest BCUT2D eigenvalue weighted by molar-refractivity contribution is 0.601. The summed E-state index contributed by atoms with van der Waals surface area (Å²) in [6.07, 6.45) is 5.39. The summed E-state index contributed by atoms with van der Waals surface area (Å²) < 4.78 is 27.7. The summed E-state index contributed by atoms with van der Waals surface area (Å²) in [6, 6.07) is 18.4. The summed E-state index contributed by atoms with van der Waals surface area (Å²) in [5, 5.41) is 0. The molecule has 0 spiro atoms. The first kappa shape index (κ1) is 19.9. The molecule has 0 bridgehead atoms. The Bertz CT molecular complexity index is 986. The maximum absolute atomic E-state index is 12.6. The lowest BCUT2D eigenvalue weighted by Crippen LogP contribution is -2.20. The number of hydrogen-bond acceptors (Lipinski definition) is 4. The summed E-state index contributed by atoms with van der Waals surface area (Å²) >= 11 is 0. The first-order chi connectivity index (χ1) is 13.5. The van der Waals surface area contributed by atoms with Gasteiger partial charge in [-0.05, 0) is 72.5 Å². The standard InChI is InChI=1S/C22H25N3O2S/c1-3-18-4-10-22(11-5-18)28(26,27)24-20-6-8-21(9-7-20)25(2)17-14-19-12-15-23-16-13-19/h4-13,15-16,24H,3,14,17H2,1-2H3. The quantitative estimate of drug-likeness (QED) is 0.623. The highest BCUT2D eigenvalue weighted by molar-refractivity contribution is 7.92. The van der Waals surface area contributed by atoms with E-state index in [4.69, 9.17) is 0 Å². The van der Waals surface area contributed by atoms with E-state index < -0.39 is 10.0 Å². The van der Waals surface area contributed by atoms with Crippen LogP contribution in [0.15, 0.2) is 78.0 Å². The van der Waals surface area contributed by atoms with E-state index in [1.54, 1.807) is 36.7 Å². The summed E-state index contributed by atoms with van der Waals surface area (Å²) in [4.78, 5) is 6.44. The number of benzene rings is 2. The molecular formula is C22H25N3O2S. The highest BCUT2D eigenvalue weighted by Gasteiger charge is 2.14. The van der Waals surface area contributed by atoms with E-state index in [1.807, 2.05) is 50.4 Å². The van der Waals surface area contributed by atoms with Crippen LogP contribution in [-0.4, -0.2) is 27.0 Å². The van der Waals surface area contributed by atoms with Crippen LogP contribution in [-0.2, 0) is 22.9 Å². The van der Waals surface area contributed by atoms with Crippen molar-refractivity contribution in [2.45, 2.75) is 24.7 Å². The van der Waals surface area contributed by atoms with Crippen molar-refractivity contribution in [3.05, 3.63) is 84.2 Å². The van der Waals surface area contributed by atoms with Crippen LogP contribution in [0.1, 0.15) is 18.1 Å². The van der Waals surface area contributed by atoms with Gasteiger partial charge in [0.15, 0.2) is 0 Å². The number of hydrogen-bond donors (Lipinski definition) is 1.